The van der Waals surface area contributed by atoms with Gasteiger partial charge in [0.1, 0.15) is 5.75 Å². The third kappa shape index (κ3) is 4.14. The number of aromatic nitrogens is 2. The van der Waals surface area contributed by atoms with Crippen LogP contribution in [0.3, 0.4) is 0 Å². The normalized spacial score (nSPS) is 11.5. The predicted octanol–water partition coefficient (Wildman–Crippen LogP) is 3.25. The number of rotatable bonds is 7. The minimum absolute atomic E-state index is 0.359. The molecule has 0 amide bonds. The number of para-hydroxylation sites is 2. The summed E-state index contributed by atoms with van der Waals surface area (Å²) in [6, 6.07) is 14.9. The first-order valence-electron chi connectivity index (χ1n) is 7.88. The second-order valence-corrected chi connectivity index (χ2v) is 5.33. The number of benzene rings is 2. The van der Waals surface area contributed by atoms with Crippen LogP contribution in [-0.4, -0.2) is 33.4 Å². The molecule has 25 heavy (non-hydrogen) atoms. The number of hydrogen-bond donors (Lipinski definition) is 3. The molecule has 0 bridgehead atoms. The van der Waals surface area contributed by atoms with Crippen LogP contribution in [0.15, 0.2) is 53.6 Å². The Morgan fingerprint density at radius 2 is 2.00 bits per heavy atom. The van der Waals surface area contributed by atoms with Gasteiger partial charge in [-0.2, -0.15) is 5.10 Å². The summed E-state index contributed by atoms with van der Waals surface area (Å²) in [5.74, 6) is 0.0790. The summed E-state index contributed by atoms with van der Waals surface area (Å²) in [5, 5.41) is 13.0. The SMILES string of the molecule is CC/C(=N/Nc1nc2ccccc2[nH]1)c1ccc(OCC(=O)O)cc1. The Balaban J connectivity index is 1.72. The van der Waals surface area contributed by atoms with Crippen molar-refractivity contribution in [2.24, 2.45) is 5.10 Å². The Kier molecular flexibility index (Phi) is 4.94. The fraction of sp³-hybridized carbons (Fsp3) is 0.167. The Labute approximate surface area is 144 Å². The lowest BCUT2D eigenvalue weighted by molar-refractivity contribution is -0.139. The number of nitrogens with zero attached hydrogens (tertiary/aromatic N) is 2. The number of hydrazone groups is 1. The van der Waals surface area contributed by atoms with E-state index in [2.05, 4.69) is 20.5 Å². The zero-order valence-corrected chi connectivity index (χ0v) is 13.7. The highest BCUT2D eigenvalue weighted by molar-refractivity contribution is 6.00. The van der Waals surface area contributed by atoms with E-state index in [9.17, 15) is 4.79 Å². The third-order valence-electron chi connectivity index (χ3n) is 3.57. The van der Waals surface area contributed by atoms with Crippen LogP contribution in [0.5, 0.6) is 5.75 Å². The number of carboxylic acids is 1. The lowest BCUT2D eigenvalue weighted by atomic mass is 10.1. The molecule has 1 heterocycles. The van der Waals surface area contributed by atoms with Crippen LogP contribution in [0.25, 0.3) is 11.0 Å². The first-order chi connectivity index (χ1) is 12.2. The van der Waals surface area contributed by atoms with Crippen molar-refractivity contribution < 1.29 is 14.6 Å². The van der Waals surface area contributed by atoms with Crippen LogP contribution in [0.2, 0.25) is 0 Å². The average molecular weight is 338 g/mol. The zero-order valence-electron chi connectivity index (χ0n) is 13.7. The van der Waals surface area contributed by atoms with Gasteiger partial charge in [-0.25, -0.2) is 15.2 Å². The van der Waals surface area contributed by atoms with E-state index >= 15 is 0 Å². The van der Waals surface area contributed by atoms with Crippen LogP contribution in [0, 0.1) is 0 Å². The standard InChI is InChI=1S/C18H18N4O3/c1-2-14(12-7-9-13(10-8-12)25-11-17(23)24)21-22-18-19-15-5-3-4-6-16(15)20-18/h3-10H,2,11H2,1H3,(H,23,24)(H2,19,20,22)/b21-14-. The first-order valence-corrected chi connectivity index (χ1v) is 7.88. The lowest BCUT2D eigenvalue weighted by Crippen LogP contribution is -2.09. The van der Waals surface area contributed by atoms with Crippen molar-refractivity contribution in [3.8, 4) is 5.75 Å². The van der Waals surface area contributed by atoms with Gasteiger partial charge in [-0.3, -0.25) is 0 Å². The predicted molar refractivity (Wildman–Crippen MR) is 96.1 cm³/mol. The summed E-state index contributed by atoms with van der Waals surface area (Å²) in [7, 11) is 0. The van der Waals surface area contributed by atoms with Gasteiger partial charge in [0.25, 0.3) is 0 Å². The van der Waals surface area contributed by atoms with Gasteiger partial charge in [0.05, 0.1) is 16.7 Å². The number of imidazole rings is 1. The molecular weight excluding hydrogens is 320 g/mol. The summed E-state index contributed by atoms with van der Waals surface area (Å²) < 4.78 is 5.13. The number of ether oxygens (including phenoxy) is 1. The van der Waals surface area contributed by atoms with Gasteiger partial charge in [-0.1, -0.05) is 19.1 Å². The second kappa shape index (κ2) is 7.48. The highest BCUT2D eigenvalue weighted by Gasteiger charge is 2.05. The molecule has 2 aromatic carbocycles. The number of hydrogen-bond acceptors (Lipinski definition) is 5. The summed E-state index contributed by atoms with van der Waals surface area (Å²) in [5.41, 5.74) is 6.54. The molecule has 0 spiro atoms. The van der Waals surface area contributed by atoms with E-state index in [0.717, 1.165) is 28.7 Å². The molecule has 128 valence electrons. The lowest BCUT2D eigenvalue weighted by Gasteiger charge is -2.07. The van der Waals surface area contributed by atoms with Crippen molar-refractivity contribution >= 4 is 28.7 Å². The maximum Gasteiger partial charge on any atom is 0.341 e. The van der Waals surface area contributed by atoms with Crippen molar-refractivity contribution in [2.75, 3.05) is 12.0 Å². The van der Waals surface area contributed by atoms with E-state index in [0.29, 0.717) is 11.7 Å². The average Bonchev–Trinajstić information content (AvgIpc) is 3.04. The van der Waals surface area contributed by atoms with Crippen molar-refractivity contribution in [3.05, 3.63) is 54.1 Å². The monoisotopic (exact) mass is 338 g/mol. The van der Waals surface area contributed by atoms with Crippen LogP contribution in [0.4, 0.5) is 5.95 Å². The fourth-order valence-corrected chi connectivity index (χ4v) is 2.36. The number of carbonyl (C=O) groups is 1. The number of fused-ring (bicyclic) bond motifs is 1. The summed E-state index contributed by atoms with van der Waals surface area (Å²) in [4.78, 5) is 18.1. The van der Waals surface area contributed by atoms with Crippen LogP contribution >= 0.6 is 0 Å². The molecule has 0 fully saturated rings. The van der Waals surface area contributed by atoms with Gasteiger partial charge in [-0.15, -0.1) is 0 Å². The van der Waals surface area contributed by atoms with Gasteiger partial charge >= 0.3 is 5.97 Å². The van der Waals surface area contributed by atoms with Crippen molar-refractivity contribution in [1.82, 2.24) is 9.97 Å². The maximum absolute atomic E-state index is 10.5. The van der Waals surface area contributed by atoms with Gasteiger partial charge < -0.3 is 14.8 Å². The largest absolute Gasteiger partial charge is 0.482 e. The van der Waals surface area contributed by atoms with Crippen molar-refractivity contribution in [3.63, 3.8) is 0 Å². The van der Waals surface area contributed by atoms with Gasteiger partial charge in [0, 0.05) is 0 Å². The van der Waals surface area contributed by atoms with E-state index in [1.54, 1.807) is 12.1 Å². The topological polar surface area (TPSA) is 99.6 Å². The number of nitrogens with one attached hydrogen (secondary N) is 2. The Hall–Kier alpha value is -3.35. The quantitative estimate of drug-likeness (QED) is 0.453. The maximum atomic E-state index is 10.5. The second-order valence-electron chi connectivity index (χ2n) is 5.33. The highest BCUT2D eigenvalue weighted by Crippen LogP contribution is 2.16. The van der Waals surface area contributed by atoms with Crippen LogP contribution in [-0.2, 0) is 4.79 Å². The molecule has 3 N–H and O–H groups in total. The fourth-order valence-electron chi connectivity index (χ4n) is 2.36. The van der Waals surface area contributed by atoms with E-state index in [1.807, 2.05) is 43.3 Å². The van der Waals surface area contributed by atoms with Crippen molar-refractivity contribution in [2.45, 2.75) is 13.3 Å². The molecule has 3 aromatic rings. The van der Waals surface area contributed by atoms with E-state index in [4.69, 9.17) is 9.84 Å². The summed E-state index contributed by atoms with van der Waals surface area (Å²) in [6.07, 6.45) is 0.725. The number of carboxylic acid groups (broad SMARTS) is 1. The Bertz CT molecular complexity index is 867. The van der Waals surface area contributed by atoms with E-state index in [1.165, 1.54) is 0 Å². The summed E-state index contributed by atoms with van der Waals surface area (Å²) >= 11 is 0. The van der Waals surface area contributed by atoms with Gasteiger partial charge in [0.2, 0.25) is 5.95 Å². The molecule has 0 aliphatic carbocycles. The molecule has 0 radical (unpaired) electrons. The van der Waals surface area contributed by atoms with E-state index < -0.39 is 5.97 Å². The summed E-state index contributed by atoms with van der Waals surface area (Å²) in [6.45, 7) is 1.65. The molecule has 0 aliphatic heterocycles. The molecule has 7 nitrogen and oxygen atoms in total. The Morgan fingerprint density at radius 1 is 1.24 bits per heavy atom. The Morgan fingerprint density at radius 3 is 2.68 bits per heavy atom. The zero-order chi connectivity index (χ0) is 17.6. The highest BCUT2D eigenvalue weighted by atomic mass is 16.5. The van der Waals surface area contributed by atoms with Gasteiger partial charge in [0.15, 0.2) is 6.61 Å². The number of aliphatic carboxylic acids is 1. The van der Waals surface area contributed by atoms with Crippen molar-refractivity contribution in [1.29, 1.82) is 0 Å². The molecule has 3 rings (SSSR count). The molecule has 0 atom stereocenters. The first kappa shape index (κ1) is 16.5. The number of H-pyrrole nitrogens is 1. The molecule has 1 aromatic heterocycles. The minimum Gasteiger partial charge on any atom is -0.482 e. The van der Waals surface area contributed by atoms with Crippen LogP contribution in [0.1, 0.15) is 18.9 Å². The molecule has 0 saturated carbocycles. The van der Waals surface area contributed by atoms with Gasteiger partial charge in [-0.05, 0) is 48.4 Å². The molecular formula is C18H18N4O3. The third-order valence-corrected chi connectivity index (χ3v) is 3.57. The molecule has 0 aliphatic rings. The molecule has 7 heteroatoms. The smallest absolute Gasteiger partial charge is 0.341 e. The molecule has 0 unspecified atom stereocenters. The van der Waals surface area contributed by atoms with Crippen LogP contribution < -0.4 is 10.2 Å². The molecule has 0 saturated heterocycles. The number of anilines is 1. The van der Waals surface area contributed by atoms with E-state index in [-0.39, 0.29) is 6.61 Å². The minimum atomic E-state index is -1.00. The number of aromatic amines is 1.